The van der Waals surface area contributed by atoms with Crippen LogP contribution in [-0.2, 0) is 16.6 Å². The first-order valence-corrected chi connectivity index (χ1v) is 12.5. The third kappa shape index (κ3) is 2.05. The summed E-state index contributed by atoms with van der Waals surface area (Å²) in [4.78, 5) is 7.31. The summed E-state index contributed by atoms with van der Waals surface area (Å²) >= 11 is 4.99. The number of phenols is 1. The molecule has 0 aromatic heterocycles. The zero-order chi connectivity index (χ0) is 21.9. The molecule has 7 atom stereocenters. The van der Waals surface area contributed by atoms with Crippen LogP contribution in [-0.4, -0.2) is 59.2 Å². The topological polar surface area (TPSA) is 54.3 Å². The van der Waals surface area contributed by atoms with Gasteiger partial charge in [-0.2, -0.15) is 0 Å². The molecule has 7 aliphatic rings. The summed E-state index contributed by atoms with van der Waals surface area (Å²) in [6, 6.07) is 4.39. The molecule has 0 amide bonds. The Morgan fingerprint density at radius 3 is 2.97 bits per heavy atom. The van der Waals surface area contributed by atoms with Crippen LogP contribution in [0.15, 0.2) is 29.3 Å². The van der Waals surface area contributed by atoms with Gasteiger partial charge in [0.05, 0.1) is 16.6 Å². The number of methoxy groups -OCH3 is 1. The van der Waals surface area contributed by atoms with Gasteiger partial charge in [0.1, 0.15) is 11.7 Å². The normalized spacial score (nSPS) is 43.4. The zero-order valence-corrected chi connectivity index (χ0v) is 19.5. The SMILES string of the molecule is CO[C@]12C=C[C@@]3(CC1C(C)N=C=S)C1Cc4ccc(O)c5c4C3(CCN1CC1CC1)[C@H]2O5. The number of hydrogen-bond donors (Lipinski definition) is 1. The van der Waals surface area contributed by atoms with E-state index in [1.54, 1.807) is 7.11 Å². The molecular formula is C26H30N2O3S. The number of benzene rings is 1. The number of rotatable bonds is 5. The molecule has 3 fully saturated rings. The maximum Gasteiger partial charge on any atom is 0.165 e. The third-order valence-corrected chi connectivity index (χ3v) is 10.1. The molecule has 1 aromatic rings. The van der Waals surface area contributed by atoms with Crippen LogP contribution < -0.4 is 4.74 Å². The van der Waals surface area contributed by atoms with Crippen LogP contribution in [0.1, 0.15) is 43.7 Å². The average Bonchev–Trinajstić information content (AvgIpc) is 3.54. The van der Waals surface area contributed by atoms with Gasteiger partial charge < -0.3 is 14.6 Å². The second-order valence-corrected chi connectivity index (χ2v) is 11.2. The van der Waals surface area contributed by atoms with Crippen molar-refractivity contribution in [1.29, 1.82) is 0 Å². The Bertz CT molecular complexity index is 1090. The monoisotopic (exact) mass is 450 g/mol. The van der Waals surface area contributed by atoms with E-state index in [9.17, 15) is 5.11 Å². The first-order chi connectivity index (χ1) is 15.5. The Hall–Kier alpha value is -1.72. The van der Waals surface area contributed by atoms with Crippen molar-refractivity contribution in [3.63, 3.8) is 0 Å². The van der Waals surface area contributed by atoms with Crippen LogP contribution >= 0.6 is 12.2 Å². The summed E-state index contributed by atoms with van der Waals surface area (Å²) in [5, 5.41) is 13.5. The first kappa shape index (κ1) is 19.7. The average molecular weight is 451 g/mol. The van der Waals surface area contributed by atoms with Gasteiger partial charge in [-0.05, 0) is 75.3 Å². The fraction of sp³-hybridized carbons (Fsp3) is 0.654. The highest BCUT2D eigenvalue weighted by molar-refractivity contribution is 7.78. The minimum absolute atomic E-state index is 0.00783. The highest BCUT2D eigenvalue weighted by Gasteiger charge is 2.79. The van der Waals surface area contributed by atoms with E-state index in [4.69, 9.17) is 21.7 Å². The molecule has 2 aliphatic heterocycles. The van der Waals surface area contributed by atoms with Crippen molar-refractivity contribution in [3.8, 4) is 11.5 Å². The molecule has 168 valence electrons. The predicted octanol–water partition coefficient (Wildman–Crippen LogP) is 3.88. The number of aromatic hydroxyl groups is 1. The van der Waals surface area contributed by atoms with E-state index in [0.29, 0.717) is 11.8 Å². The van der Waals surface area contributed by atoms with Crippen molar-refractivity contribution in [1.82, 2.24) is 4.90 Å². The summed E-state index contributed by atoms with van der Waals surface area (Å²) in [6.07, 6.45) is 10.4. The molecule has 0 radical (unpaired) electrons. The fourth-order valence-electron chi connectivity index (χ4n) is 8.55. The van der Waals surface area contributed by atoms with Gasteiger partial charge in [-0.3, -0.25) is 4.90 Å². The number of isothiocyanates is 1. The molecule has 1 N–H and O–H groups in total. The van der Waals surface area contributed by atoms with E-state index >= 15 is 0 Å². The summed E-state index contributed by atoms with van der Waals surface area (Å²) in [5.41, 5.74) is 1.81. The Morgan fingerprint density at radius 2 is 2.22 bits per heavy atom. The second-order valence-electron chi connectivity index (χ2n) is 11.0. The lowest BCUT2D eigenvalue weighted by Gasteiger charge is -2.71. The van der Waals surface area contributed by atoms with Gasteiger partial charge >= 0.3 is 0 Å². The van der Waals surface area contributed by atoms with Crippen molar-refractivity contribution in [2.24, 2.45) is 22.2 Å². The lowest BCUT2D eigenvalue weighted by Crippen LogP contribution is -2.80. The highest BCUT2D eigenvalue weighted by atomic mass is 32.1. The molecule has 8 rings (SSSR count). The van der Waals surface area contributed by atoms with Crippen molar-refractivity contribution >= 4 is 17.4 Å². The van der Waals surface area contributed by atoms with Crippen molar-refractivity contribution in [2.75, 3.05) is 20.2 Å². The van der Waals surface area contributed by atoms with Crippen LogP contribution in [0, 0.1) is 17.3 Å². The first-order valence-electron chi connectivity index (χ1n) is 12.1. The summed E-state index contributed by atoms with van der Waals surface area (Å²) in [6.45, 7) is 4.42. The molecule has 2 heterocycles. The number of ether oxygens (including phenoxy) is 2. The standard InChI is InChI=1S/C26H30N2O3S/c1-15(27-14-32)18-12-24-7-8-26(18,30-2)23-25(24)9-10-28(13-16-3-4-16)20(24)11-17-5-6-19(29)22(31-23)21(17)25/h5-8,15-16,18,20,23,29H,3-4,9-13H2,1-2H3/t15?,18?,20?,23-,24-,25?,26-/m1/s1. The third-order valence-electron chi connectivity index (χ3n) is 10.00. The predicted molar refractivity (Wildman–Crippen MR) is 125 cm³/mol. The number of phenolic OH excluding ortho intramolecular Hbond substituents is 1. The van der Waals surface area contributed by atoms with Crippen LogP contribution in [0.5, 0.6) is 11.5 Å². The maximum absolute atomic E-state index is 10.9. The number of nitrogens with zero attached hydrogens (tertiary/aromatic N) is 2. The maximum atomic E-state index is 10.9. The highest BCUT2D eigenvalue weighted by Crippen LogP contribution is 2.75. The molecular weight excluding hydrogens is 420 g/mol. The van der Waals surface area contributed by atoms with Crippen molar-refractivity contribution in [3.05, 3.63) is 35.4 Å². The Morgan fingerprint density at radius 1 is 1.38 bits per heavy atom. The Labute approximate surface area is 194 Å². The Balaban J connectivity index is 1.49. The van der Waals surface area contributed by atoms with Crippen LogP contribution in [0.3, 0.4) is 0 Å². The largest absolute Gasteiger partial charge is 0.504 e. The number of fused-ring (bicyclic) bond motifs is 1. The molecule has 1 saturated heterocycles. The van der Waals surface area contributed by atoms with Crippen LogP contribution in [0.25, 0.3) is 0 Å². The van der Waals surface area contributed by atoms with Gasteiger partial charge in [-0.15, -0.1) is 0 Å². The molecule has 4 bridgehead atoms. The van der Waals surface area contributed by atoms with E-state index in [1.165, 1.54) is 30.5 Å². The molecule has 32 heavy (non-hydrogen) atoms. The number of hydrogen-bond acceptors (Lipinski definition) is 6. The van der Waals surface area contributed by atoms with Gasteiger partial charge in [0.2, 0.25) is 0 Å². The fourth-order valence-corrected chi connectivity index (χ4v) is 8.72. The molecule has 1 aromatic carbocycles. The quantitative estimate of drug-likeness (QED) is 0.419. The number of thiocarbonyl (C=S) groups is 1. The molecule has 5 aliphatic carbocycles. The summed E-state index contributed by atoms with van der Waals surface area (Å²) in [7, 11) is 1.80. The second kappa shape index (κ2) is 6.24. The Kier molecular flexibility index (Phi) is 3.84. The lowest BCUT2D eigenvalue weighted by molar-refractivity contribution is -0.218. The number of aliphatic imine (C=N–C) groups is 1. The molecule has 2 saturated carbocycles. The van der Waals surface area contributed by atoms with Gasteiger partial charge in [0.25, 0.3) is 0 Å². The van der Waals surface area contributed by atoms with Crippen LogP contribution in [0.4, 0.5) is 0 Å². The van der Waals surface area contributed by atoms with E-state index in [2.05, 4.69) is 40.2 Å². The van der Waals surface area contributed by atoms with E-state index < -0.39 is 5.60 Å². The van der Waals surface area contributed by atoms with Gasteiger partial charge in [-0.25, -0.2) is 4.99 Å². The molecule has 2 spiro atoms. The van der Waals surface area contributed by atoms with Gasteiger partial charge in [0, 0.05) is 36.6 Å². The van der Waals surface area contributed by atoms with Gasteiger partial charge in [0.15, 0.2) is 11.5 Å². The zero-order valence-electron chi connectivity index (χ0n) is 18.7. The minimum atomic E-state index is -0.597. The van der Waals surface area contributed by atoms with E-state index in [-0.39, 0.29) is 34.6 Å². The minimum Gasteiger partial charge on any atom is -0.504 e. The van der Waals surface area contributed by atoms with Crippen molar-refractivity contribution in [2.45, 2.75) is 68.2 Å². The molecule has 6 heteroatoms. The summed E-state index contributed by atoms with van der Waals surface area (Å²) < 4.78 is 13.2. The van der Waals surface area contributed by atoms with Crippen LogP contribution in [0.2, 0.25) is 0 Å². The summed E-state index contributed by atoms with van der Waals surface area (Å²) in [5.74, 6) is 1.96. The van der Waals surface area contributed by atoms with Crippen molar-refractivity contribution < 1.29 is 14.6 Å². The van der Waals surface area contributed by atoms with Gasteiger partial charge in [-0.1, -0.05) is 18.2 Å². The molecule has 4 unspecified atom stereocenters. The number of likely N-dealkylation sites (tertiary alicyclic amines) is 1. The lowest BCUT2D eigenvalue weighted by atomic mass is 9.36. The number of piperidine rings is 1. The van der Waals surface area contributed by atoms with E-state index in [1.807, 2.05) is 6.07 Å². The smallest absolute Gasteiger partial charge is 0.165 e. The van der Waals surface area contributed by atoms with E-state index in [0.717, 1.165) is 31.7 Å². The molecule has 5 nitrogen and oxygen atoms in total.